The maximum atomic E-state index is 5.03. The molecule has 20 heavy (non-hydrogen) atoms. The van der Waals surface area contributed by atoms with Crippen molar-refractivity contribution in [2.75, 3.05) is 13.1 Å². The topological polar surface area (TPSA) is 29.9 Å². The minimum atomic E-state index is 0.273. The van der Waals surface area contributed by atoms with Crippen molar-refractivity contribution in [3.05, 3.63) is 30.1 Å². The number of para-hydroxylation sites is 2. The molecule has 0 radical (unpaired) electrons. The van der Waals surface area contributed by atoms with Gasteiger partial charge in [0.25, 0.3) is 0 Å². The van der Waals surface area contributed by atoms with E-state index >= 15 is 0 Å². The first kappa shape index (κ1) is 13.6. The molecule has 2 aromatic rings. The number of hydrogen-bond donors (Lipinski definition) is 1. The highest BCUT2D eigenvalue weighted by Gasteiger charge is 2.37. The molecule has 0 amide bonds. The molecular weight excluding hydrogens is 246 g/mol. The fourth-order valence-corrected chi connectivity index (χ4v) is 3.77. The average Bonchev–Trinajstić information content (AvgIpc) is 2.87. The van der Waals surface area contributed by atoms with Gasteiger partial charge in [-0.15, -0.1) is 0 Å². The van der Waals surface area contributed by atoms with Crippen molar-refractivity contribution in [1.82, 2.24) is 14.9 Å². The Balaban J connectivity index is 2.14. The zero-order chi connectivity index (χ0) is 14.0. The van der Waals surface area contributed by atoms with Gasteiger partial charge >= 0.3 is 0 Å². The third kappa shape index (κ3) is 2.14. The first-order chi connectivity index (χ1) is 9.80. The van der Waals surface area contributed by atoms with E-state index in [2.05, 4.69) is 48.0 Å². The molecule has 1 aromatic heterocycles. The molecule has 0 unspecified atom stereocenters. The van der Waals surface area contributed by atoms with Gasteiger partial charge in [-0.25, -0.2) is 4.98 Å². The molecule has 0 spiro atoms. The maximum Gasteiger partial charge on any atom is 0.116 e. The van der Waals surface area contributed by atoms with Crippen molar-refractivity contribution in [2.24, 2.45) is 0 Å². The molecule has 1 aromatic carbocycles. The molecule has 0 saturated carbocycles. The highest BCUT2D eigenvalue weighted by atomic mass is 15.1. The van der Waals surface area contributed by atoms with Gasteiger partial charge in [0.2, 0.25) is 0 Å². The Morgan fingerprint density at radius 3 is 2.65 bits per heavy atom. The lowest BCUT2D eigenvalue weighted by molar-refractivity contribution is 0.264. The monoisotopic (exact) mass is 271 g/mol. The van der Waals surface area contributed by atoms with E-state index in [1.807, 2.05) is 0 Å². The summed E-state index contributed by atoms with van der Waals surface area (Å²) in [6, 6.07) is 8.56. The summed E-state index contributed by atoms with van der Waals surface area (Å²) in [5.41, 5.74) is 2.71. The van der Waals surface area contributed by atoms with E-state index in [1.54, 1.807) is 0 Å². The number of nitrogens with one attached hydrogen (secondary N) is 1. The normalized spacial score (nSPS) is 18.5. The molecule has 1 aliphatic rings. The number of hydrogen-bond acceptors (Lipinski definition) is 2. The molecule has 3 heteroatoms. The van der Waals surface area contributed by atoms with E-state index in [-0.39, 0.29) is 5.41 Å². The number of rotatable bonds is 4. The van der Waals surface area contributed by atoms with Crippen molar-refractivity contribution in [3.8, 4) is 0 Å². The van der Waals surface area contributed by atoms with Crippen LogP contribution < -0.4 is 5.32 Å². The SMILES string of the molecule is CCCC1(c2nc3ccccc3n2CC)CCNCC1. The van der Waals surface area contributed by atoms with Crippen molar-refractivity contribution in [3.63, 3.8) is 0 Å². The first-order valence-corrected chi connectivity index (χ1v) is 7.97. The van der Waals surface area contributed by atoms with E-state index in [0.29, 0.717) is 0 Å². The number of aryl methyl sites for hydroxylation is 1. The fraction of sp³-hybridized carbons (Fsp3) is 0.588. The van der Waals surface area contributed by atoms with Gasteiger partial charge in [0.15, 0.2) is 0 Å². The molecule has 1 N–H and O–H groups in total. The van der Waals surface area contributed by atoms with Crippen LogP contribution in [0, 0.1) is 0 Å². The molecule has 0 bridgehead atoms. The van der Waals surface area contributed by atoms with Gasteiger partial charge in [0.05, 0.1) is 11.0 Å². The zero-order valence-corrected chi connectivity index (χ0v) is 12.7. The Hall–Kier alpha value is -1.35. The molecular formula is C17H25N3. The van der Waals surface area contributed by atoms with E-state index in [4.69, 9.17) is 4.98 Å². The van der Waals surface area contributed by atoms with Gasteiger partial charge in [-0.3, -0.25) is 0 Å². The van der Waals surface area contributed by atoms with Crippen LogP contribution in [0.15, 0.2) is 24.3 Å². The van der Waals surface area contributed by atoms with Crippen molar-refractivity contribution < 1.29 is 0 Å². The van der Waals surface area contributed by atoms with E-state index in [1.165, 1.54) is 37.0 Å². The summed E-state index contributed by atoms with van der Waals surface area (Å²) in [5.74, 6) is 1.32. The largest absolute Gasteiger partial charge is 0.328 e. The smallest absolute Gasteiger partial charge is 0.116 e. The van der Waals surface area contributed by atoms with Crippen molar-refractivity contribution in [2.45, 2.75) is 51.5 Å². The van der Waals surface area contributed by atoms with Crippen LogP contribution in [0.25, 0.3) is 11.0 Å². The van der Waals surface area contributed by atoms with Gasteiger partial charge in [0.1, 0.15) is 5.82 Å². The Morgan fingerprint density at radius 1 is 1.20 bits per heavy atom. The number of nitrogens with zero attached hydrogens (tertiary/aromatic N) is 2. The number of benzene rings is 1. The lowest BCUT2D eigenvalue weighted by Crippen LogP contribution is -2.41. The second kappa shape index (κ2) is 5.57. The Kier molecular flexibility index (Phi) is 3.79. The van der Waals surface area contributed by atoms with Crippen LogP contribution >= 0.6 is 0 Å². The molecule has 108 valence electrons. The molecule has 3 nitrogen and oxygen atoms in total. The lowest BCUT2D eigenvalue weighted by Gasteiger charge is -2.37. The molecule has 1 aliphatic heterocycles. The summed E-state index contributed by atoms with van der Waals surface area (Å²) >= 11 is 0. The molecule has 1 fully saturated rings. The van der Waals surface area contributed by atoms with Crippen LogP contribution in [-0.2, 0) is 12.0 Å². The number of imidazole rings is 1. The van der Waals surface area contributed by atoms with Gasteiger partial charge in [-0.2, -0.15) is 0 Å². The maximum absolute atomic E-state index is 5.03. The van der Waals surface area contributed by atoms with Gasteiger partial charge in [-0.1, -0.05) is 25.5 Å². The van der Waals surface area contributed by atoms with E-state index in [9.17, 15) is 0 Å². The van der Waals surface area contributed by atoms with Crippen LogP contribution in [0.3, 0.4) is 0 Å². The van der Waals surface area contributed by atoms with E-state index < -0.39 is 0 Å². The van der Waals surface area contributed by atoms with E-state index in [0.717, 1.165) is 25.2 Å². The number of aromatic nitrogens is 2. The average molecular weight is 271 g/mol. The molecule has 3 rings (SSSR count). The van der Waals surface area contributed by atoms with Gasteiger partial charge in [-0.05, 0) is 51.4 Å². The Bertz CT molecular complexity index is 573. The van der Waals surface area contributed by atoms with Gasteiger partial charge in [0, 0.05) is 12.0 Å². The summed E-state index contributed by atoms with van der Waals surface area (Å²) in [6.45, 7) is 7.77. The summed E-state index contributed by atoms with van der Waals surface area (Å²) in [7, 11) is 0. The second-order valence-corrected chi connectivity index (χ2v) is 5.95. The van der Waals surface area contributed by atoms with Crippen LogP contribution in [0.2, 0.25) is 0 Å². The van der Waals surface area contributed by atoms with Crippen LogP contribution in [-0.4, -0.2) is 22.6 Å². The van der Waals surface area contributed by atoms with Crippen LogP contribution in [0.4, 0.5) is 0 Å². The summed E-state index contributed by atoms with van der Waals surface area (Å²) in [4.78, 5) is 5.03. The highest BCUT2D eigenvalue weighted by molar-refractivity contribution is 5.76. The van der Waals surface area contributed by atoms with Crippen LogP contribution in [0.5, 0.6) is 0 Å². The molecule has 0 atom stereocenters. The minimum absolute atomic E-state index is 0.273. The third-order valence-corrected chi connectivity index (χ3v) is 4.73. The molecule has 1 saturated heterocycles. The minimum Gasteiger partial charge on any atom is -0.328 e. The Morgan fingerprint density at radius 2 is 1.95 bits per heavy atom. The predicted octanol–water partition coefficient (Wildman–Crippen LogP) is 3.48. The third-order valence-electron chi connectivity index (χ3n) is 4.73. The second-order valence-electron chi connectivity index (χ2n) is 5.95. The standard InChI is InChI=1S/C17H25N3/c1-3-9-17(10-12-18-13-11-17)16-19-14-7-5-6-8-15(14)20(16)4-2/h5-8,18H,3-4,9-13H2,1-2H3. The summed E-state index contributed by atoms with van der Waals surface area (Å²) in [6.07, 6.45) is 4.90. The summed E-state index contributed by atoms with van der Waals surface area (Å²) in [5, 5.41) is 3.50. The lowest BCUT2D eigenvalue weighted by atomic mass is 9.74. The fourth-order valence-electron chi connectivity index (χ4n) is 3.77. The Labute approximate surface area is 121 Å². The molecule has 2 heterocycles. The van der Waals surface area contributed by atoms with Crippen molar-refractivity contribution >= 4 is 11.0 Å². The quantitative estimate of drug-likeness (QED) is 0.922. The number of fused-ring (bicyclic) bond motifs is 1. The van der Waals surface area contributed by atoms with Crippen molar-refractivity contribution in [1.29, 1.82) is 0 Å². The van der Waals surface area contributed by atoms with Gasteiger partial charge < -0.3 is 9.88 Å². The summed E-state index contributed by atoms with van der Waals surface area (Å²) < 4.78 is 2.44. The zero-order valence-electron chi connectivity index (χ0n) is 12.7. The number of piperidine rings is 1. The van der Waals surface area contributed by atoms with Crippen LogP contribution in [0.1, 0.15) is 45.4 Å². The first-order valence-electron chi connectivity index (χ1n) is 7.97. The molecule has 0 aliphatic carbocycles. The highest BCUT2D eigenvalue weighted by Crippen LogP contribution is 2.38. The predicted molar refractivity (Wildman–Crippen MR) is 84.1 cm³/mol.